The topological polar surface area (TPSA) is 107 Å². The number of likely N-dealkylation sites (tertiary alicyclic amines) is 2. The summed E-state index contributed by atoms with van der Waals surface area (Å²) in [5, 5.41) is 14.8. The van der Waals surface area contributed by atoms with Crippen molar-refractivity contribution < 1.29 is 37.0 Å². The van der Waals surface area contributed by atoms with E-state index in [1.807, 2.05) is 0 Å². The van der Waals surface area contributed by atoms with E-state index in [0.717, 1.165) is 6.07 Å². The van der Waals surface area contributed by atoms with Crippen molar-refractivity contribution in [3.8, 4) is 0 Å². The molecule has 4 heterocycles. The third-order valence-electron chi connectivity index (χ3n) is 8.68. The van der Waals surface area contributed by atoms with Crippen molar-refractivity contribution in [1.82, 2.24) is 20.1 Å². The van der Waals surface area contributed by atoms with Crippen molar-refractivity contribution in [3.05, 3.63) is 62.7 Å². The molecule has 2 aromatic rings. The van der Waals surface area contributed by atoms with Gasteiger partial charge in [-0.25, -0.2) is 27.3 Å². The number of carbonyl (C=O) groups is 2. The molecule has 0 aliphatic carbocycles. The Hall–Kier alpha value is -3.36. The number of esters is 1. The summed E-state index contributed by atoms with van der Waals surface area (Å²) in [7, 11) is 0. The molecule has 0 radical (unpaired) electrons. The Bertz CT molecular complexity index is 1500. The zero-order valence-corrected chi connectivity index (χ0v) is 25.7. The molecule has 14 heteroatoms. The van der Waals surface area contributed by atoms with Crippen LogP contribution in [0.1, 0.15) is 55.8 Å². The lowest BCUT2D eigenvalue weighted by Gasteiger charge is -2.31. The number of carboxylic acid groups (broad SMARTS) is 1. The minimum atomic E-state index is -3.10. The number of ether oxygens (including phenoxy) is 1. The van der Waals surface area contributed by atoms with E-state index in [4.69, 9.17) is 4.74 Å². The normalized spacial score (nSPS) is 23.8. The zero-order chi connectivity index (χ0) is 32.0. The Morgan fingerprint density at radius 3 is 2.66 bits per heavy atom. The highest BCUT2D eigenvalue weighted by Crippen LogP contribution is 2.43. The van der Waals surface area contributed by atoms with E-state index >= 15 is 8.78 Å². The van der Waals surface area contributed by atoms with Crippen molar-refractivity contribution in [2.24, 2.45) is 10.4 Å². The van der Waals surface area contributed by atoms with Gasteiger partial charge in [0.2, 0.25) is 0 Å². The predicted molar refractivity (Wildman–Crippen MR) is 156 cm³/mol. The molecular formula is C30H35F4N5O4S. The van der Waals surface area contributed by atoms with Gasteiger partial charge in [0.15, 0.2) is 22.5 Å². The minimum Gasteiger partial charge on any atom is -0.481 e. The maximum atomic E-state index is 15.6. The number of carbonyl (C=O) groups excluding carboxylic acids is 1. The molecule has 2 fully saturated rings. The van der Waals surface area contributed by atoms with Gasteiger partial charge in [0.25, 0.3) is 5.92 Å². The molecule has 5 rings (SSSR count). The largest absolute Gasteiger partial charge is 0.481 e. The highest BCUT2D eigenvalue weighted by Gasteiger charge is 2.59. The van der Waals surface area contributed by atoms with E-state index in [-0.39, 0.29) is 54.3 Å². The Balaban J connectivity index is 1.52. The van der Waals surface area contributed by atoms with E-state index in [1.165, 1.54) is 24.3 Å². The number of nitrogens with zero attached hydrogens (tertiary/aromatic N) is 4. The predicted octanol–water partition coefficient (Wildman–Crippen LogP) is 4.53. The van der Waals surface area contributed by atoms with Gasteiger partial charge in [0.1, 0.15) is 6.04 Å². The molecule has 1 aromatic carbocycles. The van der Waals surface area contributed by atoms with Crippen LogP contribution in [-0.4, -0.2) is 88.5 Å². The molecule has 1 aromatic heterocycles. The first-order chi connectivity index (χ1) is 20.7. The molecule has 3 aliphatic heterocycles. The molecule has 2 N–H and O–H groups in total. The van der Waals surface area contributed by atoms with Crippen molar-refractivity contribution in [1.29, 1.82) is 0 Å². The maximum Gasteiger partial charge on any atom is 0.338 e. The van der Waals surface area contributed by atoms with Crippen LogP contribution in [0.25, 0.3) is 0 Å². The number of nitrogens with one attached hydrogen (secondary N) is 1. The van der Waals surface area contributed by atoms with Gasteiger partial charge in [-0.05, 0) is 64.3 Å². The van der Waals surface area contributed by atoms with Crippen LogP contribution in [0.5, 0.6) is 0 Å². The van der Waals surface area contributed by atoms with Crippen LogP contribution in [0.3, 0.4) is 0 Å². The van der Waals surface area contributed by atoms with E-state index in [0.29, 0.717) is 18.0 Å². The number of benzene rings is 1. The minimum absolute atomic E-state index is 0.0195. The fourth-order valence-corrected chi connectivity index (χ4v) is 6.80. The second kappa shape index (κ2) is 12.2. The van der Waals surface area contributed by atoms with Crippen molar-refractivity contribution >= 4 is 29.1 Å². The van der Waals surface area contributed by atoms with Crippen molar-refractivity contribution in [2.75, 3.05) is 32.8 Å². The molecule has 2 saturated heterocycles. The third-order valence-corrected chi connectivity index (χ3v) is 9.46. The van der Waals surface area contributed by atoms with Gasteiger partial charge in [-0.3, -0.25) is 19.6 Å². The molecular weight excluding hydrogens is 602 g/mol. The van der Waals surface area contributed by atoms with Crippen LogP contribution in [0.2, 0.25) is 0 Å². The summed E-state index contributed by atoms with van der Waals surface area (Å²) in [6.07, 6.45) is 2.20. The van der Waals surface area contributed by atoms with Crippen LogP contribution in [0.15, 0.2) is 40.0 Å². The Kier molecular flexibility index (Phi) is 8.89. The second-order valence-electron chi connectivity index (χ2n) is 12.0. The standard InChI is InChI=1S/C30H35F4N5O4S/c1-5-43-27(40)21-19(14-39-15-30(33,34)24-20(39)8-11-38(24)12-9-29(3,4)28(41)42)36-25(26-35-10-13-44-26)37-23(21)17-6-7-18(31)22(32)16(17)2/h6-7,10,13,20,23-24H,5,8-9,11-12,14-15H2,1-4H3,(H,36,37)(H,41,42)/t20-,23+,24+/m0/s1. The number of alkyl halides is 2. The lowest BCUT2D eigenvalue weighted by atomic mass is 9.89. The quantitative estimate of drug-likeness (QED) is 0.289. The van der Waals surface area contributed by atoms with E-state index in [2.05, 4.69) is 15.3 Å². The summed E-state index contributed by atoms with van der Waals surface area (Å²) in [5.41, 5.74) is -0.581. The average Bonchev–Trinajstić information content (AvgIpc) is 3.70. The average molecular weight is 638 g/mol. The zero-order valence-electron chi connectivity index (χ0n) is 24.9. The number of fused-ring (bicyclic) bond motifs is 1. The fraction of sp³-hybridized carbons (Fsp3) is 0.533. The summed E-state index contributed by atoms with van der Waals surface area (Å²) >= 11 is 1.27. The monoisotopic (exact) mass is 637 g/mol. The molecule has 3 atom stereocenters. The highest BCUT2D eigenvalue weighted by molar-refractivity contribution is 7.11. The van der Waals surface area contributed by atoms with Gasteiger partial charge in [0, 0.05) is 36.4 Å². The fourth-order valence-electron chi connectivity index (χ4n) is 6.21. The second-order valence-corrected chi connectivity index (χ2v) is 12.9. The summed E-state index contributed by atoms with van der Waals surface area (Å²) in [5.74, 6) is -6.69. The molecule has 0 saturated carbocycles. The number of rotatable bonds is 10. The number of hydrogen-bond donors (Lipinski definition) is 2. The Labute approximate surface area is 256 Å². The molecule has 238 valence electrons. The van der Waals surface area contributed by atoms with Gasteiger partial charge in [-0.15, -0.1) is 11.3 Å². The summed E-state index contributed by atoms with van der Waals surface area (Å²) in [6, 6.07) is -0.487. The van der Waals surface area contributed by atoms with Gasteiger partial charge in [-0.1, -0.05) is 6.07 Å². The molecule has 0 bridgehead atoms. The van der Waals surface area contributed by atoms with Gasteiger partial charge < -0.3 is 15.2 Å². The first-order valence-electron chi connectivity index (χ1n) is 14.4. The highest BCUT2D eigenvalue weighted by atomic mass is 32.1. The van der Waals surface area contributed by atoms with Crippen LogP contribution in [-0.2, 0) is 14.3 Å². The molecule has 44 heavy (non-hydrogen) atoms. The van der Waals surface area contributed by atoms with Crippen molar-refractivity contribution in [2.45, 2.75) is 64.6 Å². The molecule has 9 nitrogen and oxygen atoms in total. The summed E-state index contributed by atoms with van der Waals surface area (Å²) in [6.45, 7) is 6.09. The maximum absolute atomic E-state index is 15.6. The summed E-state index contributed by atoms with van der Waals surface area (Å²) < 4.78 is 65.5. The number of amidine groups is 1. The van der Waals surface area contributed by atoms with Gasteiger partial charge in [-0.2, -0.15) is 0 Å². The molecule has 0 amide bonds. The number of hydrogen-bond acceptors (Lipinski definition) is 9. The van der Waals surface area contributed by atoms with Crippen LogP contribution in [0, 0.1) is 24.0 Å². The van der Waals surface area contributed by atoms with Gasteiger partial charge >= 0.3 is 11.9 Å². The summed E-state index contributed by atoms with van der Waals surface area (Å²) in [4.78, 5) is 37.4. The van der Waals surface area contributed by atoms with E-state index in [1.54, 1.807) is 42.1 Å². The third kappa shape index (κ3) is 5.98. The van der Waals surface area contributed by atoms with E-state index in [9.17, 15) is 23.5 Å². The molecule has 3 aliphatic rings. The van der Waals surface area contributed by atoms with Gasteiger partial charge in [0.05, 0.1) is 30.2 Å². The number of aliphatic imine (C=N–C) groups is 1. The van der Waals surface area contributed by atoms with Crippen LogP contribution < -0.4 is 5.32 Å². The smallest absolute Gasteiger partial charge is 0.338 e. The Morgan fingerprint density at radius 1 is 1.25 bits per heavy atom. The SMILES string of the molecule is CCOC(=O)C1=C(CN2CC(F)(F)[C@H]3[C@@H]2CCN3CCC(C)(C)C(=O)O)NC(c2nccs2)=N[C@@H]1c1ccc(F)c(F)c1C. The van der Waals surface area contributed by atoms with Crippen LogP contribution >= 0.6 is 11.3 Å². The number of halogens is 4. The number of thiazole rings is 1. The molecule has 0 unspecified atom stereocenters. The first kappa shape index (κ1) is 32.0. The van der Waals surface area contributed by atoms with Crippen molar-refractivity contribution in [3.63, 3.8) is 0 Å². The first-order valence-corrected chi connectivity index (χ1v) is 15.3. The lowest BCUT2D eigenvalue weighted by Crippen LogP contribution is -2.46. The molecule has 0 spiro atoms. The Morgan fingerprint density at radius 2 is 2.00 bits per heavy atom. The van der Waals surface area contributed by atoms with E-state index < -0.39 is 59.6 Å². The number of aromatic nitrogens is 1. The number of carboxylic acids is 1. The van der Waals surface area contributed by atoms with Crippen LogP contribution in [0.4, 0.5) is 17.6 Å². The number of aliphatic carboxylic acids is 1. The lowest BCUT2D eigenvalue weighted by molar-refractivity contribution is -0.147.